The molecule has 1 aliphatic carbocycles. The SMILES string of the molecule is O=C(NOCc1ccccc1)[C@H]1c2ccccc2C(=O)N([C@H]2CCCNC2=O)[C@@H]1C1C=CC(Cl)=CC1. The average Bonchev–Trinajstić information content (AvgIpc) is 2.90. The molecule has 1 fully saturated rings. The van der Waals surface area contributed by atoms with Crippen LogP contribution in [-0.2, 0) is 21.0 Å². The molecule has 186 valence electrons. The van der Waals surface area contributed by atoms with Crippen molar-refractivity contribution in [2.75, 3.05) is 6.54 Å². The van der Waals surface area contributed by atoms with Gasteiger partial charge in [-0.15, -0.1) is 0 Å². The van der Waals surface area contributed by atoms with Crippen LogP contribution in [0, 0.1) is 5.92 Å². The van der Waals surface area contributed by atoms with Gasteiger partial charge in [-0.1, -0.05) is 72.3 Å². The van der Waals surface area contributed by atoms with E-state index in [1.807, 2.05) is 54.6 Å². The number of carbonyl (C=O) groups is 3. The smallest absolute Gasteiger partial charge is 0.255 e. The summed E-state index contributed by atoms with van der Waals surface area (Å²) in [7, 11) is 0. The summed E-state index contributed by atoms with van der Waals surface area (Å²) in [6, 6.07) is 15.4. The third-order valence-electron chi connectivity index (χ3n) is 7.08. The number of rotatable bonds is 6. The van der Waals surface area contributed by atoms with E-state index in [9.17, 15) is 14.4 Å². The molecule has 5 rings (SSSR count). The Kier molecular flexibility index (Phi) is 7.20. The third-order valence-corrected chi connectivity index (χ3v) is 7.36. The number of halogens is 1. The van der Waals surface area contributed by atoms with Crippen LogP contribution >= 0.6 is 11.6 Å². The lowest BCUT2D eigenvalue weighted by Crippen LogP contribution is -2.62. The van der Waals surface area contributed by atoms with Crippen LogP contribution < -0.4 is 10.8 Å². The van der Waals surface area contributed by atoms with Gasteiger partial charge >= 0.3 is 0 Å². The largest absolute Gasteiger partial charge is 0.354 e. The Morgan fingerprint density at radius 3 is 2.64 bits per heavy atom. The first-order chi connectivity index (χ1) is 17.5. The van der Waals surface area contributed by atoms with Crippen LogP contribution in [-0.4, -0.2) is 41.2 Å². The monoisotopic (exact) mass is 505 g/mol. The number of hydrogen-bond acceptors (Lipinski definition) is 4. The second kappa shape index (κ2) is 10.7. The number of hydroxylamine groups is 1. The predicted molar refractivity (Wildman–Crippen MR) is 136 cm³/mol. The Hall–Kier alpha value is -3.42. The number of nitrogens with one attached hydrogen (secondary N) is 2. The summed E-state index contributed by atoms with van der Waals surface area (Å²) in [5, 5.41) is 3.51. The average molecular weight is 506 g/mol. The van der Waals surface area contributed by atoms with Gasteiger partial charge in [0.25, 0.3) is 11.8 Å². The van der Waals surface area contributed by atoms with Gasteiger partial charge in [0.2, 0.25) is 5.91 Å². The molecule has 0 saturated carbocycles. The zero-order valence-electron chi connectivity index (χ0n) is 19.7. The van der Waals surface area contributed by atoms with Crippen LogP contribution in [0.1, 0.15) is 46.7 Å². The Morgan fingerprint density at radius 1 is 1.11 bits per heavy atom. The molecule has 2 N–H and O–H groups in total. The van der Waals surface area contributed by atoms with Gasteiger partial charge in [-0.05, 0) is 42.5 Å². The van der Waals surface area contributed by atoms with Gasteiger partial charge in [-0.2, -0.15) is 0 Å². The van der Waals surface area contributed by atoms with Crippen LogP contribution in [0.2, 0.25) is 0 Å². The van der Waals surface area contributed by atoms with Crippen molar-refractivity contribution in [3.05, 3.63) is 94.5 Å². The van der Waals surface area contributed by atoms with Crippen LogP contribution in [0.5, 0.6) is 0 Å². The van der Waals surface area contributed by atoms with Crippen LogP contribution in [0.25, 0.3) is 0 Å². The highest BCUT2D eigenvalue weighted by molar-refractivity contribution is 6.31. The fraction of sp³-hybridized carbons (Fsp3) is 0.321. The van der Waals surface area contributed by atoms with Crippen molar-refractivity contribution in [3.63, 3.8) is 0 Å². The van der Waals surface area contributed by atoms with E-state index in [1.54, 1.807) is 23.1 Å². The Labute approximate surface area is 215 Å². The molecule has 2 aromatic carbocycles. The van der Waals surface area contributed by atoms with Crippen LogP contribution in [0.4, 0.5) is 0 Å². The van der Waals surface area contributed by atoms with E-state index in [1.165, 1.54) is 0 Å². The zero-order valence-corrected chi connectivity index (χ0v) is 20.5. The number of nitrogens with zero attached hydrogens (tertiary/aromatic N) is 1. The lowest BCUT2D eigenvalue weighted by atomic mass is 9.74. The zero-order chi connectivity index (χ0) is 25.1. The summed E-state index contributed by atoms with van der Waals surface area (Å²) in [6.07, 6.45) is 7.47. The first-order valence-electron chi connectivity index (χ1n) is 12.2. The second-order valence-electron chi connectivity index (χ2n) is 9.31. The van der Waals surface area contributed by atoms with Gasteiger partial charge in [0.1, 0.15) is 6.04 Å². The standard InChI is InChI=1S/C28H28ClN3O4/c29-20-14-12-19(13-15-20)25-24(27(34)31-36-17-18-7-2-1-3-8-18)21-9-4-5-10-22(21)28(35)32(25)23-11-6-16-30-26(23)33/h1-5,7-10,12,14-15,19,23-25H,6,11,13,16-17H2,(H,30,33)(H,31,34)/t19?,23-,24-,25+/m0/s1. The van der Waals surface area contributed by atoms with Crippen molar-refractivity contribution in [3.8, 4) is 0 Å². The molecule has 4 atom stereocenters. The molecule has 0 aromatic heterocycles. The fourth-order valence-electron chi connectivity index (χ4n) is 5.39. The van der Waals surface area contributed by atoms with E-state index in [4.69, 9.17) is 16.4 Å². The van der Waals surface area contributed by atoms with E-state index in [2.05, 4.69) is 10.8 Å². The molecule has 1 unspecified atom stereocenters. The van der Waals surface area contributed by atoms with Crippen LogP contribution in [0.3, 0.4) is 0 Å². The maximum absolute atomic E-state index is 13.9. The second-order valence-corrected chi connectivity index (χ2v) is 9.74. The molecule has 3 aliphatic rings. The summed E-state index contributed by atoms with van der Waals surface area (Å²) >= 11 is 6.19. The first-order valence-corrected chi connectivity index (χ1v) is 12.6. The van der Waals surface area contributed by atoms with Crippen molar-refractivity contribution in [1.29, 1.82) is 0 Å². The molecule has 36 heavy (non-hydrogen) atoms. The van der Waals surface area contributed by atoms with E-state index in [0.717, 1.165) is 12.0 Å². The number of fused-ring (bicyclic) bond motifs is 1. The summed E-state index contributed by atoms with van der Waals surface area (Å²) in [4.78, 5) is 47.8. The summed E-state index contributed by atoms with van der Waals surface area (Å²) < 4.78 is 0. The molecule has 0 spiro atoms. The summed E-state index contributed by atoms with van der Waals surface area (Å²) in [6.45, 7) is 0.790. The number of piperidine rings is 1. The molecule has 2 heterocycles. The predicted octanol–water partition coefficient (Wildman–Crippen LogP) is 3.82. The van der Waals surface area contributed by atoms with Gasteiger partial charge < -0.3 is 10.2 Å². The van der Waals surface area contributed by atoms with Crippen molar-refractivity contribution in [2.45, 2.75) is 43.9 Å². The molecular weight excluding hydrogens is 478 g/mol. The minimum Gasteiger partial charge on any atom is -0.354 e. The van der Waals surface area contributed by atoms with Crippen molar-refractivity contribution in [2.24, 2.45) is 5.92 Å². The molecule has 3 amide bonds. The lowest BCUT2D eigenvalue weighted by molar-refractivity contribution is -0.140. The number of benzene rings is 2. The number of hydrogen-bond donors (Lipinski definition) is 2. The van der Waals surface area contributed by atoms with E-state index in [-0.39, 0.29) is 30.2 Å². The summed E-state index contributed by atoms with van der Waals surface area (Å²) in [5.74, 6) is -1.72. The molecular formula is C28H28ClN3O4. The van der Waals surface area contributed by atoms with E-state index in [0.29, 0.717) is 35.5 Å². The maximum atomic E-state index is 13.9. The highest BCUT2D eigenvalue weighted by Crippen LogP contribution is 2.42. The van der Waals surface area contributed by atoms with E-state index < -0.39 is 18.0 Å². The number of amides is 3. The highest BCUT2D eigenvalue weighted by atomic mass is 35.5. The molecule has 0 bridgehead atoms. The minimum absolute atomic E-state index is 0.188. The molecule has 8 heteroatoms. The van der Waals surface area contributed by atoms with Gasteiger partial charge in [0.05, 0.1) is 18.6 Å². The topological polar surface area (TPSA) is 87.7 Å². The first kappa shape index (κ1) is 24.3. The number of carbonyl (C=O) groups excluding carboxylic acids is 3. The van der Waals surface area contributed by atoms with E-state index >= 15 is 0 Å². The van der Waals surface area contributed by atoms with Crippen molar-refractivity contribution in [1.82, 2.24) is 15.7 Å². The molecule has 7 nitrogen and oxygen atoms in total. The number of allylic oxidation sites excluding steroid dienone is 3. The Balaban J connectivity index is 1.51. The summed E-state index contributed by atoms with van der Waals surface area (Å²) in [5.41, 5.74) is 4.61. The Bertz CT molecular complexity index is 1210. The third kappa shape index (κ3) is 4.81. The molecule has 0 radical (unpaired) electrons. The fourth-order valence-corrected chi connectivity index (χ4v) is 5.56. The lowest BCUT2D eigenvalue weighted by Gasteiger charge is -2.48. The van der Waals surface area contributed by atoms with Gasteiger partial charge in [0.15, 0.2) is 0 Å². The van der Waals surface area contributed by atoms with Crippen molar-refractivity contribution < 1.29 is 19.2 Å². The molecule has 2 aliphatic heterocycles. The van der Waals surface area contributed by atoms with Crippen molar-refractivity contribution >= 4 is 29.3 Å². The quantitative estimate of drug-likeness (QED) is 0.584. The normalized spacial score (nSPS) is 25.6. The maximum Gasteiger partial charge on any atom is 0.255 e. The molecule has 2 aromatic rings. The van der Waals surface area contributed by atoms with Gasteiger partial charge in [-0.25, -0.2) is 5.48 Å². The van der Waals surface area contributed by atoms with Crippen LogP contribution in [0.15, 0.2) is 77.9 Å². The Morgan fingerprint density at radius 2 is 1.89 bits per heavy atom. The highest BCUT2D eigenvalue weighted by Gasteiger charge is 2.50. The molecule has 1 saturated heterocycles. The minimum atomic E-state index is -0.732. The van der Waals surface area contributed by atoms with Gasteiger partial charge in [0, 0.05) is 23.1 Å². The van der Waals surface area contributed by atoms with Gasteiger partial charge in [-0.3, -0.25) is 19.2 Å².